The molecule has 2 rings (SSSR count). The Hall–Kier alpha value is -1.42. The molecule has 0 saturated heterocycles. The molecule has 3 nitrogen and oxygen atoms in total. The number of aryl methyl sites for hydroxylation is 1. The minimum Gasteiger partial charge on any atom is -0.288 e. The van der Waals surface area contributed by atoms with E-state index in [-0.39, 0.29) is 5.78 Å². The summed E-state index contributed by atoms with van der Waals surface area (Å²) in [6.45, 7) is 0. The monoisotopic (exact) mass is 264 g/mol. The Morgan fingerprint density at radius 3 is 2.53 bits per heavy atom. The fraction of sp³-hybridized carbons (Fsp3) is 0.0909. The number of carbonyl (C=O) groups excluding carboxylic acids is 1. The number of nitrogens with zero attached hydrogens (tertiary/aromatic N) is 2. The average molecular weight is 265 g/mol. The number of aromatic nitrogens is 2. The Labute approximate surface area is 95.9 Å². The summed E-state index contributed by atoms with van der Waals surface area (Å²) < 4.78 is 2.33. The zero-order valence-electron chi connectivity index (χ0n) is 8.14. The van der Waals surface area contributed by atoms with Gasteiger partial charge in [0, 0.05) is 12.6 Å². The summed E-state index contributed by atoms with van der Waals surface area (Å²) >= 11 is 3.33. The maximum Gasteiger partial charge on any atom is 0.197 e. The standard InChI is InChI=1S/C11H9BrN2O/c1-14-11(12)9(7-13-14)10(15)8-5-3-2-4-6-8/h2-7H,1H3. The number of halogens is 1. The van der Waals surface area contributed by atoms with Crippen molar-refractivity contribution >= 4 is 21.7 Å². The van der Waals surface area contributed by atoms with E-state index in [9.17, 15) is 4.79 Å². The number of carbonyl (C=O) groups is 1. The molecule has 0 aliphatic heterocycles. The molecule has 0 bridgehead atoms. The Morgan fingerprint density at radius 1 is 1.33 bits per heavy atom. The number of benzene rings is 1. The lowest BCUT2D eigenvalue weighted by Crippen LogP contribution is -2.01. The van der Waals surface area contributed by atoms with E-state index in [4.69, 9.17) is 0 Å². The molecular formula is C11H9BrN2O. The smallest absolute Gasteiger partial charge is 0.197 e. The van der Waals surface area contributed by atoms with Gasteiger partial charge in [-0.1, -0.05) is 30.3 Å². The molecule has 0 radical (unpaired) electrons. The lowest BCUT2D eigenvalue weighted by atomic mass is 10.1. The topological polar surface area (TPSA) is 34.9 Å². The minimum atomic E-state index is -0.0180. The summed E-state index contributed by atoms with van der Waals surface area (Å²) in [5, 5.41) is 4.01. The van der Waals surface area contributed by atoms with Crippen molar-refractivity contribution in [1.29, 1.82) is 0 Å². The minimum absolute atomic E-state index is 0.0180. The van der Waals surface area contributed by atoms with E-state index < -0.39 is 0 Å². The number of hydrogen-bond donors (Lipinski definition) is 0. The Bertz CT molecular complexity index is 491. The first-order chi connectivity index (χ1) is 7.20. The van der Waals surface area contributed by atoms with Crippen LogP contribution in [0.5, 0.6) is 0 Å². The van der Waals surface area contributed by atoms with Crippen molar-refractivity contribution in [1.82, 2.24) is 9.78 Å². The maximum atomic E-state index is 12.0. The number of rotatable bonds is 2. The second-order valence-corrected chi connectivity index (χ2v) is 3.92. The van der Waals surface area contributed by atoms with Crippen LogP contribution in [0.1, 0.15) is 15.9 Å². The van der Waals surface area contributed by atoms with Crippen LogP contribution >= 0.6 is 15.9 Å². The molecule has 0 aliphatic rings. The van der Waals surface area contributed by atoms with Crippen molar-refractivity contribution in [3.8, 4) is 0 Å². The Balaban J connectivity index is 2.42. The van der Waals surface area contributed by atoms with Gasteiger partial charge < -0.3 is 0 Å². The Kier molecular flexibility index (Phi) is 2.68. The second kappa shape index (κ2) is 3.98. The van der Waals surface area contributed by atoms with Crippen LogP contribution in [0.4, 0.5) is 0 Å². The molecule has 0 N–H and O–H groups in total. The molecule has 0 saturated carbocycles. The molecule has 15 heavy (non-hydrogen) atoms. The second-order valence-electron chi connectivity index (χ2n) is 3.17. The van der Waals surface area contributed by atoms with Gasteiger partial charge in [0.2, 0.25) is 0 Å². The van der Waals surface area contributed by atoms with Crippen LogP contribution in [0.3, 0.4) is 0 Å². The molecule has 2 aromatic rings. The van der Waals surface area contributed by atoms with Crippen molar-refractivity contribution in [2.24, 2.45) is 7.05 Å². The summed E-state index contributed by atoms with van der Waals surface area (Å²) in [7, 11) is 1.78. The fourth-order valence-corrected chi connectivity index (χ4v) is 1.69. The SMILES string of the molecule is Cn1ncc(C(=O)c2ccccc2)c1Br. The van der Waals surface area contributed by atoms with E-state index in [1.165, 1.54) is 0 Å². The fourth-order valence-electron chi connectivity index (χ4n) is 1.32. The van der Waals surface area contributed by atoms with Gasteiger partial charge in [-0.15, -0.1) is 0 Å². The quantitative estimate of drug-likeness (QED) is 0.781. The molecule has 0 amide bonds. The van der Waals surface area contributed by atoms with Crippen molar-refractivity contribution in [2.45, 2.75) is 0 Å². The van der Waals surface area contributed by atoms with Gasteiger partial charge in [0.15, 0.2) is 5.78 Å². The lowest BCUT2D eigenvalue weighted by Gasteiger charge is -1.98. The van der Waals surface area contributed by atoms with Crippen LogP contribution in [-0.2, 0) is 7.05 Å². The van der Waals surface area contributed by atoms with Crippen LogP contribution < -0.4 is 0 Å². The zero-order valence-corrected chi connectivity index (χ0v) is 9.73. The van der Waals surface area contributed by atoms with Gasteiger partial charge in [0.1, 0.15) is 4.60 Å². The number of hydrogen-bond acceptors (Lipinski definition) is 2. The Morgan fingerprint density at radius 2 is 2.00 bits per heavy atom. The van der Waals surface area contributed by atoms with Crippen LogP contribution in [0, 0.1) is 0 Å². The molecule has 0 aliphatic carbocycles. The molecule has 1 aromatic carbocycles. The number of ketones is 1. The maximum absolute atomic E-state index is 12.0. The van der Waals surface area contributed by atoms with E-state index in [1.807, 2.05) is 18.2 Å². The molecule has 76 valence electrons. The highest BCUT2D eigenvalue weighted by Gasteiger charge is 2.15. The summed E-state index contributed by atoms with van der Waals surface area (Å²) in [5.74, 6) is -0.0180. The molecule has 4 heteroatoms. The predicted molar refractivity (Wildman–Crippen MR) is 60.8 cm³/mol. The summed E-state index contributed by atoms with van der Waals surface area (Å²) in [6, 6.07) is 9.16. The van der Waals surface area contributed by atoms with Crippen molar-refractivity contribution in [3.05, 3.63) is 52.3 Å². The third-order valence-electron chi connectivity index (χ3n) is 2.15. The highest BCUT2D eigenvalue weighted by Crippen LogP contribution is 2.18. The van der Waals surface area contributed by atoms with E-state index >= 15 is 0 Å². The van der Waals surface area contributed by atoms with Gasteiger partial charge in [-0.2, -0.15) is 5.10 Å². The van der Waals surface area contributed by atoms with E-state index in [2.05, 4.69) is 21.0 Å². The average Bonchev–Trinajstić information content (AvgIpc) is 2.60. The summed E-state index contributed by atoms with van der Waals surface area (Å²) in [5.41, 5.74) is 1.26. The molecule has 1 heterocycles. The van der Waals surface area contributed by atoms with Gasteiger partial charge in [-0.3, -0.25) is 9.48 Å². The largest absolute Gasteiger partial charge is 0.288 e. The van der Waals surface area contributed by atoms with Gasteiger partial charge in [0.05, 0.1) is 11.8 Å². The molecular weight excluding hydrogens is 256 g/mol. The van der Waals surface area contributed by atoms with Gasteiger partial charge in [0.25, 0.3) is 0 Å². The van der Waals surface area contributed by atoms with Crippen LogP contribution in [0.25, 0.3) is 0 Å². The molecule has 0 atom stereocenters. The van der Waals surface area contributed by atoms with Crippen LogP contribution in [0.15, 0.2) is 41.1 Å². The molecule has 0 spiro atoms. The van der Waals surface area contributed by atoms with Gasteiger partial charge in [-0.25, -0.2) is 0 Å². The normalized spacial score (nSPS) is 10.3. The third kappa shape index (κ3) is 1.85. The molecule has 0 fully saturated rings. The first kappa shape index (κ1) is 10.1. The van der Waals surface area contributed by atoms with E-state index in [1.54, 1.807) is 30.1 Å². The first-order valence-corrected chi connectivity index (χ1v) is 5.26. The third-order valence-corrected chi connectivity index (χ3v) is 3.09. The highest BCUT2D eigenvalue weighted by atomic mass is 79.9. The van der Waals surface area contributed by atoms with Gasteiger partial charge in [-0.05, 0) is 15.9 Å². The lowest BCUT2D eigenvalue weighted by molar-refractivity contribution is 0.103. The molecule has 1 aromatic heterocycles. The van der Waals surface area contributed by atoms with Crippen LogP contribution in [0.2, 0.25) is 0 Å². The van der Waals surface area contributed by atoms with Crippen molar-refractivity contribution in [3.63, 3.8) is 0 Å². The summed E-state index contributed by atoms with van der Waals surface area (Å²) in [6.07, 6.45) is 1.57. The molecule has 0 unspecified atom stereocenters. The van der Waals surface area contributed by atoms with Gasteiger partial charge >= 0.3 is 0 Å². The first-order valence-electron chi connectivity index (χ1n) is 4.47. The predicted octanol–water partition coefficient (Wildman–Crippen LogP) is 2.41. The summed E-state index contributed by atoms with van der Waals surface area (Å²) in [4.78, 5) is 12.0. The van der Waals surface area contributed by atoms with E-state index in [0.29, 0.717) is 15.7 Å². The highest BCUT2D eigenvalue weighted by molar-refractivity contribution is 9.10. The zero-order chi connectivity index (χ0) is 10.8. The van der Waals surface area contributed by atoms with Crippen LogP contribution in [-0.4, -0.2) is 15.6 Å². The van der Waals surface area contributed by atoms with E-state index in [0.717, 1.165) is 0 Å². The van der Waals surface area contributed by atoms with Crippen molar-refractivity contribution in [2.75, 3.05) is 0 Å². The van der Waals surface area contributed by atoms with Crippen molar-refractivity contribution < 1.29 is 4.79 Å².